The van der Waals surface area contributed by atoms with Crippen LogP contribution in [0.5, 0.6) is 5.75 Å². The Morgan fingerprint density at radius 1 is 1.39 bits per heavy atom. The topological polar surface area (TPSA) is 67.4 Å². The summed E-state index contributed by atoms with van der Waals surface area (Å²) in [6, 6.07) is 6.91. The molecule has 0 aliphatic carbocycles. The van der Waals surface area contributed by atoms with Crippen molar-refractivity contribution in [2.45, 2.75) is 26.4 Å². The van der Waals surface area contributed by atoms with Crippen LogP contribution in [0.1, 0.15) is 19.4 Å². The van der Waals surface area contributed by atoms with Gasteiger partial charge in [0.1, 0.15) is 11.8 Å². The molecule has 1 aromatic carbocycles. The molecule has 98 valence electrons. The number of nitrogens with one attached hydrogen (secondary N) is 2. The zero-order chi connectivity index (χ0) is 13.5. The van der Waals surface area contributed by atoms with Gasteiger partial charge in [0.05, 0.1) is 7.11 Å². The molecule has 0 saturated heterocycles. The third-order valence-corrected chi connectivity index (χ3v) is 2.41. The molecule has 0 radical (unpaired) electrons. The van der Waals surface area contributed by atoms with Crippen LogP contribution in [0.3, 0.4) is 0 Å². The molecule has 0 aromatic heterocycles. The quantitative estimate of drug-likeness (QED) is 0.813. The van der Waals surface area contributed by atoms with Crippen LogP contribution in [0.25, 0.3) is 0 Å². The fourth-order valence-corrected chi connectivity index (χ4v) is 1.50. The third kappa shape index (κ3) is 4.45. The van der Waals surface area contributed by atoms with Gasteiger partial charge in [-0.3, -0.25) is 9.59 Å². The number of hydrogen-bond donors (Lipinski definition) is 2. The largest absolute Gasteiger partial charge is 0.497 e. The van der Waals surface area contributed by atoms with Crippen molar-refractivity contribution in [3.63, 3.8) is 0 Å². The summed E-state index contributed by atoms with van der Waals surface area (Å²) >= 11 is 0. The van der Waals surface area contributed by atoms with Gasteiger partial charge in [0, 0.05) is 13.5 Å². The van der Waals surface area contributed by atoms with Gasteiger partial charge < -0.3 is 15.4 Å². The number of methoxy groups -OCH3 is 1. The molecule has 0 aliphatic rings. The van der Waals surface area contributed by atoms with Crippen LogP contribution in [0.15, 0.2) is 24.3 Å². The first kappa shape index (κ1) is 14.0. The summed E-state index contributed by atoms with van der Waals surface area (Å²) in [5.41, 5.74) is 0.942. The van der Waals surface area contributed by atoms with Crippen LogP contribution in [-0.4, -0.2) is 25.0 Å². The highest BCUT2D eigenvalue weighted by molar-refractivity contribution is 5.86. The summed E-state index contributed by atoms with van der Waals surface area (Å²) in [5, 5.41) is 5.27. The van der Waals surface area contributed by atoms with Gasteiger partial charge in [-0.15, -0.1) is 0 Å². The highest BCUT2D eigenvalue weighted by Gasteiger charge is 2.12. The van der Waals surface area contributed by atoms with Gasteiger partial charge in [0.15, 0.2) is 0 Å². The van der Waals surface area contributed by atoms with E-state index >= 15 is 0 Å². The number of ether oxygens (including phenoxy) is 1. The van der Waals surface area contributed by atoms with Crippen LogP contribution in [0.2, 0.25) is 0 Å². The van der Waals surface area contributed by atoms with Crippen molar-refractivity contribution in [2.75, 3.05) is 7.11 Å². The number of benzene rings is 1. The minimum Gasteiger partial charge on any atom is -0.497 e. The van der Waals surface area contributed by atoms with E-state index in [0.717, 1.165) is 11.3 Å². The zero-order valence-electron chi connectivity index (χ0n) is 10.8. The Kier molecular flexibility index (Phi) is 5.17. The van der Waals surface area contributed by atoms with Crippen molar-refractivity contribution in [3.8, 4) is 5.75 Å². The van der Waals surface area contributed by atoms with E-state index in [1.54, 1.807) is 14.0 Å². The number of amides is 2. The monoisotopic (exact) mass is 250 g/mol. The van der Waals surface area contributed by atoms with Crippen molar-refractivity contribution < 1.29 is 14.3 Å². The molecule has 2 N–H and O–H groups in total. The van der Waals surface area contributed by atoms with Gasteiger partial charge in [0.2, 0.25) is 11.8 Å². The average Bonchev–Trinajstić information content (AvgIpc) is 2.35. The molecule has 5 heteroatoms. The van der Waals surface area contributed by atoms with Crippen molar-refractivity contribution >= 4 is 11.8 Å². The van der Waals surface area contributed by atoms with Gasteiger partial charge >= 0.3 is 0 Å². The molecule has 0 heterocycles. The minimum absolute atomic E-state index is 0.215. The molecular weight excluding hydrogens is 232 g/mol. The van der Waals surface area contributed by atoms with E-state index in [0.29, 0.717) is 6.54 Å². The van der Waals surface area contributed by atoms with E-state index in [9.17, 15) is 9.59 Å². The molecule has 18 heavy (non-hydrogen) atoms. The first-order chi connectivity index (χ1) is 8.52. The first-order valence-corrected chi connectivity index (χ1v) is 5.70. The highest BCUT2D eigenvalue weighted by atomic mass is 16.5. The van der Waals surface area contributed by atoms with Gasteiger partial charge in [-0.1, -0.05) is 12.1 Å². The zero-order valence-corrected chi connectivity index (χ0v) is 10.8. The summed E-state index contributed by atoms with van der Waals surface area (Å²) in [5.74, 6) is 0.309. The van der Waals surface area contributed by atoms with Gasteiger partial charge in [-0.25, -0.2) is 0 Å². The van der Waals surface area contributed by atoms with Crippen molar-refractivity contribution in [3.05, 3.63) is 29.8 Å². The fourth-order valence-electron chi connectivity index (χ4n) is 1.50. The number of carbonyl (C=O) groups is 2. The van der Waals surface area contributed by atoms with E-state index in [1.165, 1.54) is 6.92 Å². The van der Waals surface area contributed by atoms with Crippen LogP contribution in [0.4, 0.5) is 0 Å². The average molecular weight is 250 g/mol. The maximum atomic E-state index is 11.6. The van der Waals surface area contributed by atoms with Gasteiger partial charge in [0.25, 0.3) is 0 Å². The Morgan fingerprint density at radius 3 is 2.72 bits per heavy atom. The lowest BCUT2D eigenvalue weighted by molar-refractivity contribution is -0.127. The highest BCUT2D eigenvalue weighted by Crippen LogP contribution is 2.12. The summed E-state index contributed by atoms with van der Waals surface area (Å²) in [4.78, 5) is 22.5. The van der Waals surface area contributed by atoms with Crippen LogP contribution < -0.4 is 15.4 Å². The second-order valence-electron chi connectivity index (χ2n) is 3.99. The molecule has 0 bridgehead atoms. The molecule has 0 spiro atoms. The molecule has 1 rings (SSSR count). The summed E-state index contributed by atoms with van der Waals surface area (Å²) in [6.07, 6.45) is 0. The molecule has 1 atom stereocenters. The molecule has 0 aliphatic heterocycles. The minimum atomic E-state index is -0.534. The molecular formula is C13H18N2O3. The Bertz CT molecular complexity index is 432. The van der Waals surface area contributed by atoms with Crippen LogP contribution >= 0.6 is 0 Å². The molecule has 2 amide bonds. The maximum absolute atomic E-state index is 11.6. The summed E-state index contributed by atoms with van der Waals surface area (Å²) in [7, 11) is 1.59. The van der Waals surface area contributed by atoms with Crippen LogP contribution in [-0.2, 0) is 16.1 Å². The smallest absolute Gasteiger partial charge is 0.242 e. The van der Waals surface area contributed by atoms with Crippen LogP contribution in [0, 0.1) is 0 Å². The summed E-state index contributed by atoms with van der Waals surface area (Å²) < 4.78 is 5.09. The standard InChI is InChI=1S/C13H18N2O3/c1-9(15-10(2)16)13(17)14-8-11-5-4-6-12(7-11)18-3/h4-7,9H,8H2,1-3H3,(H,14,17)(H,15,16)/t9-/m1/s1. The molecule has 1 aromatic rings. The lowest BCUT2D eigenvalue weighted by Crippen LogP contribution is -2.43. The van der Waals surface area contributed by atoms with E-state index in [1.807, 2.05) is 24.3 Å². The lowest BCUT2D eigenvalue weighted by Gasteiger charge is -2.13. The number of rotatable bonds is 5. The molecule has 5 nitrogen and oxygen atoms in total. The van der Waals surface area contributed by atoms with Crippen molar-refractivity contribution in [1.29, 1.82) is 0 Å². The van der Waals surface area contributed by atoms with Gasteiger partial charge in [-0.05, 0) is 24.6 Å². The Balaban J connectivity index is 2.49. The second-order valence-corrected chi connectivity index (χ2v) is 3.99. The normalized spacial score (nSPS) is 11.5. The van der Waals surface area contributed by atoms with E-state index in [4.69, 9.17) is 4.74 Å². The van der Waals surface area contributed by atoms with E-state index < -0.39 is 6.04 Å². The van der Waals surface area contributed by atoms with E-state index in [2.05, 4.69) is 10.6 Å². The summed E-state index contributed by atoms with van der Waals surface area (Å²) in [6.45, 7) is 3.42. The SMILES string of the molecule is COc1cccc(CNC(=O)[C@@H](C)NC(C)=O)c1. The Morgan fingerprint density at radius 2 is 2.11 bits per heavy atom. The van der Waals surface area contributed by atoms with Gasteiger partial charge in [-0.2, -0.15) is 0 Å². The number of hydrogen-bond acceptors (Lipinski definition) is 3. The predicted octanol–water partition coefficient (Wildman–Crippen LogP) is 0.836. The lowest BCUT2D eigenvalue weighted by atomic mass is 10.2. The Hall–Kier alpha value is -2.04. The maximum Gasteiger partial charge on any atom is 0.242 e. The van der Waals surface area contributed by atoms with E-state index in [-0.39, 0.29) is 11.8 Å². The predicted molar refractivity (Wildman–Crippen MR) is 68.1 cm³/mol. The molecule has 0 fully saturated rings. The third-order valence-electron chi connectivity index (χ3n) is 2.41. The molecule has 0 saturated carbocycles. The molecule has 0 unspecified atom stereocenters. The van der Waals surface area contributed by atoms with Crippen molar-refractivity contribution in [1.82, 2.24) is 10.6 Å². The fraction of sp³-hybridized carbons (Fsp3) is 0.385. The Labute approximate surface area is 107 Å². The first-order valence-electron chi connectivity index (χ1n) is 5.70. The number of carbonyl (C=O) groups excluding carboxylic acids is 2. The van der Waals surface area contributed by atoms with Crippen molar-refractivity contribution in [2.24, 2.45) is 0 Å². The second kappa shape index (κ2) is 6.64.